The van der Waals surface area contributed by atoms with Gasteiger partial charge in [-0.2, -0.15) is 0 Å². The van der Waals surface area contributed by atoms with Crippen LogP contribution < -0.4 is 5.56 Å². The highest BCUT2D eigenvalue weighted by Gasteiger charge is 2.28. The fourth-order valence-electron chi connectivity index (χ4n) is 3.59. The van der Waals surface area contributed by atoms with Gasteiger partial charge in [-0.15, -0.1) is 23.1 Å². The Balaban J connectivity index is 1.65. The van der Waals surface area contributed by atoms with Gasteiger partial charge in [0.05, 0.1) is 16.9 Å². The molecule has 0 saturated carbocycles. The van der Waals surface area contributed by atoms with Crippen LogP contribution in [0, 0.1) is 13.8 Å². The van der Waals surface area contributed by atoms with Crippen LogP contribution in [0.3, 0.4) is 0 Å². The van der Waals surface area contributed by atoms with Crippen molar-refractivity contribution >= 4 is 39.2 Å². The number of fused-ring (bicyclic) bond motifs is 1. The molecule has 0 aliphatic carbocycles. The Kier molecular flexibility index (Phi) is 5.53. The Morgan fingerprint density at radius 1 is 1.32 bits per heavy atom. The monoisotopic (exact) mass is 379 g/mol. The second kappa shape index (κ2) is 7.50. The predicted molar refractivity (Wildman–Crippen MR) is 105 cm³/mol. The second-order valence-electron chi connectivity index (χ2n) is 6.90. The number of likely N-dealkylation sites (tertiary alicyclic amines) is 1. The highest BCUT2D eigenvalue weighted by Crippen LogP contribution is 2.27. The van der Waals surface area contributed by atoms with Gasteiger partial charge in [0, 0.05) is 17.0 Å². The zero-order valence-electron chi connectivity index (χ0n) is 15.2. The van der Waals surface area contributed by atoms with Crippen molar-refractivity contribution in [2.75, 3.05) is 5.75 Å². The van der Waals surface area contributed by atoms with Gasteiger partial charge in [-0.1, -0.05) is 0 Å². The number of piperidine rings is 1. The minimum Gasteiger partial charge on any atom is -0.337 e. The minimum atomic E-state index is -0.0768. The molecule has 0 unspecified atom stereocenters. The lowest BCUT2D eigenvalue weighted by Gasteiger charge is -2.39. The van der Waals surface area contributed by atoms with Crippen molar-refractivity contribution < 1.29 is 4.79 Å². The van der Waals surface area contributed by atoms with Crippen molar-refractivity contribution in [1.82, 2.24) is 14.9 Å². The molecule has 2 aromatic rings. The maximum absolute atomic E-state index is 12.6. The minimum absolute atomic E-state index is 0.0768. The van der Waals surface area contributed by atoms with Crippen LogP contribution in [-0.2, 0) is 10.5 Å². The van der Waals surface area contributed by atoms with Crippen molar-refractivity contribution in [3.63, 3.8) is 0 Å². The maximum Gasteiger partial charge on any atom is 0.259 e. The standard InChI is InChI=1S/C18H25N3O2S2/c1-10-6-5-7-11(2)21(10)15(22)9-24-8-14-19-17(23)16-12(3)13(4)25-18(16)20-14/h10-11H,5-9H2,1-4H3,(H,19,20,23)/t10-,11-/m1/s1. The summed E-state index contributed by atoms with van der Waals surface area (Å²) >= 11 is 3.08. The summed E-state index contributed by atoms with van der Waals surface area (Å²) < 4.78 is 0. The first-order valence-corrected chi connectivity index (χ1v) is 10.7. The summed E-state index contributed by atoms with van der Waals surface area (Å²) in [5, 5.41) is 0.697. The van der Waals surface area contributed by atoms with E-state index in [1.807, 2.05) is 18.7 Å². The van der Waals surface area contributed by atoms with E-state index in [-0.39, 0.29) is 11.5 Å². The fraction of sp³-hybridized carbons (Fsp3) is 0.611. The average Bonchev–Trinajstić information content (AvgIpc) is 2.82. The third-order valence-electron chi connectivity index (χ3n) is 5.03. The molecule has 1 amide bonds. The maximum atomic E-state index is 12.6. The van der Waals surface area contributed by atoms with E-state index in [1.54, 1.807) is 11.3 Å². The molecule has 1 N–H and O–H groups in total. The third kappa shape index (κ3) is 3.77. The average molecular weight is 380 g/mol. The van der Waals surface area contributed by atoms with Gasteiger partial charge in [-0.05, 0) is 52.5 Å². The Bertz CT molecular complexity index is 833. The Labute approximate surface area is 156 Å². The Hall–Kier alpha value is -1.34. The third-order valence-corrected chi connectivity index (χ3v) is 7.06. The molecule has 7 heteroatoms. The second-order valence-corrected chi connectivity index (χ2v) is 9.09. The van der Waals surface area contributed by atoms with E-state index in [0.717, 1.165) is 28.1 Å². The SMILES string of the molecule is Cc1sc2nc(CSCC(=O)N3[C@H](C)CCC[C@H]3C)[nH]c(=O)c2c1C. The summed E-state index contributed by atoms with van der Waals surface area (Å²) in [5.74, 6) is 1.81. The molecule has 25 heavy (non-hydrogen) atoms. The number of aryl methyl sites for hydroxylation is 2. The number of amides is 1. The summed E-state index contributed by atoms with van der Waals surface area (Å²) in [6.45, 7) is 8.23. The number of aromatic amines is 1. The van der Waals surface area contributed by atoms with Crippen molar-refractivity contribution in [1.29, 1.82) is 0 Å². The number of rotatable bonds is 4. The summed E-state index contributed by atoms with van der Waals surface area (Å²) in [7, 11) is 0. The number of nitrogens with zero attached hydrogens (tertiary/aromatic N) is 2. The van der Waals surface area contributed by atoms with Gasteiger partial charge >= 0.3 is 0 Å². The number of carbonyl (C=O) groups excluding carboxylic acids is 1. The smallest absolute Gasteiger partial charge is 0.259 e. The first-order valence-electron chi connectivity index (χ1n) is 8.76. The molecule has 0 spiro atoms. The largest absolute Gasteiger partial charge is 0.337 e. The molecule has 5 nitrogen and oxygen atoms in total. The number of carbonyl (C=O) groups is 1. The molecule has 0 aromatic carbocycles. The van der Waals surface area contributed by atoms with Crippen molar-refractivity contribution in [3.05, 3.63) is 26.6 Å². The number of thioether (sulfide) groups is 1. The first kappa shape index (κ1) is 18.5. The van der Waals surface area contributed by atoms with Gasteiger partial charge in [0.1, 0.15) is 10.7 Å². The van der Waals surface area contributed by atoms with E-state index < -0.39 is 0 Å². The molecular formula is C18H25N3O2S2. The number of aromatic nitrogens is 2. The van der Waals surface area contributed by atoms with Crippen LogP contribution in [0.4, 0.5) is 0 Å². The lowest BCUT2D eigenvalue weighted by molar-refractivity contribution is -0.134. The zero-order chi connectivity index (χ0) is 18.1. The van der Waals surface area contributed by atoms with E-state index in [0.29, 0.717) is 34.8 Å². The molecule has 1 aliphatic rings. The lowest BCUT2D eigenvalue weighted by atomic mass is 9.98. The molecule has 1 fully saturated rings. The van der Waals surface area contributed by atoms with Crippen LogP contribution in [0.25, 0.3) is 10.2 Å². The molecular weight excluding hydrogens is 354 g/mol. The van der Waals surface area contributed by atoms with E-state index in [9.17, 15) is 9.59 Å². The molecule has 0 radical (unpaired) electrons. The molecule has 136 valence electrons. The van der Waals surface area contributed by atoms with E-state index in [1.165, 1.54) is 18.2 Å². The molecule has 1 aliphatic heterocycles. The molecule has 2 aromatic heterocycles. The van der Waals surface area contributed by atoms with Gasteiger partial charge in [0.25, 0.3) is 5.56 Å². The van der Waals surface area contributed by atoms with Gasteiger partial charge in [0.15, 0.2) is 0 Å². The van der Waals surface area contributed by atoms with Gasteiger partial charge < -0.3 is 9.88 Å². The highest BCUT2D eigenvalue weighted by atomic mass is 32.2. The lowest BCUT2D eigenvalue weighted by Crippen LogP contribution is -2.48. The Morgan fingerprint density at radius 2 is 2.00 bits per heavy atom. The molecule has 2 atom stereocenters. The van der Waals surface area contributed by atoms with Gasteiger partial charge in [-0.3, -0.25) is 9.59 Å². The number of thiophene rings is 1. The summed E-state index contributed by atoms with van der Waals surface area (Å²) in [5.41, 5.74) is 0.934. The van der Waals surface area contributed by atoms with Crippen LogP contribution in [0.1, 0.15) is 49.4 Å². The van der Waals surface area contributed by atoms with Crippen LogP contribution in [0.5, 0.6) is 0 Å². The zero-order valence-corrected chi connectivity index (χ0v) is 16.9. The van der Waals surface area contributed by atoms with Crippen LogP contribution in [0.2, 0.25) is 0 Å². The number of hydrogen-bond acceptors (Lipinski definition) is 5. The number of hydrogen-bond donors (Lipinski definition) is 1. The molecule has 3 heterocycles. The summed E-state index contributed by atoms with van der Waals surface area (Å²) in [4.78, 5) is 36.2. The van der Waals surface area contributed by atoms with Gasteiger partial charge in [-0.25, -0.2) is 4.98 Å². The highest BCUT2D eigenvalue weighted by molar-refractivity contribution is 7.99. The topological polar surface area (TPSA) is 66.1 Å². The summed E-state index contributed by atoms with van der Waals surface area (Å²) in [6.07, 6.45) is 3.37. The van der Waals surface area contributed by atoms with Crippen molar-refractivity contribution in [2.45, 2.75) is 64.8 Å². The number of nitrogens with one attached hydrogen (secondary N) is 1. The van der Waals surface area contributed by atoms with Crippen molar-refractivity contribution in [2.24, 2.45) is 0 Å². The van der Waals surface area contributed by atoms with E-state index >= 15 is 0 Å². The van der Waals surface area contributed by atoms with Crippen LogP contribution in [-0.4, -0.2) is 38.6 Å². The predicted octanol–water partition coefficient (Wildman–Crippen LogP) is 3.62. The number of H-pyrrole nitrogens is 1. The molecule has 1 saturated heterocycles. The quantitative estimate of drug-likeness (QED) is 0.881. The normalized spacial score (nSPS) is 21.0. The molecule has 0 bridgehead atoms. The first-order chi connectivity index (χ1) is 11.9. The fourth-order valence-corrected chi connectivity index (χ4v) is 5.39. The summed E-state index contributed by atoms with van der Waals surface area (Å²) in [6, 6.07) is 0.645. The molecule has 3 rings (SSSR count). The van der Waals surface area contributed by atoms with Crippen LogP contribution >= 0.6 is 23.1 Å². The van der Waals surface area contributed by atoms with Gasteiger partial charge in [0.2, 0.25) is 5.91 Å². The van der Waals surface area contributed by atoms with E-state index in [2.05, 4.69) is 23.8 Å². The van der Waals surface area contributed by atoms with Crippen LogP contribution in [0.15, 0.2) is 4.79 Å². The van der Waals surface area contributed by atoms with Crippen molar-refractivity contribution in [3.8, 4) is 0 Å². The van der Waals surface area contributed by atoms with E-state index in [4.69, 9.17) is 0 Å². The Morgan fingerprint density at radius 3 is 2.68 bits per heavy atom.